The van der Waals surface area contributed by atoms with Gasteiger partial charge < -0.3 is 10.6 Å². The Balaban J connectivity index is 2.18. The fourth-order valence-corrected chi connectivity index (χ4v) is 2.10. The summed E-state index contributed by atoms with van der Waals surface area (Å²) in [5.74, 6) is -2.29. The van der Waals surface area contributed by atoms with E-state index in [-0.39, 0.29) is 5.02 Å². The molecule has 0 atom stereocenters. The van der Waals surface area contributed by atoms with Gasteiger partial charge in [-0.3, -0.25) is 9.59 Å². The van der Waals surface area contributed by atoms with E-state index >= 15 is 0 Å². The third-order valence-corrected chi connectivity index (χ3v) is 3.37. The number of aryl methyl sites for hydroxylation is 1. The van der Waals surface area contributed by atoms with Crippen LogP contribution in [0.3, 0.4) is 0 Å². The highest BCUT2D eigenvalue weighted by atomic mass is 35.5. The van der Waals surface area contributed by atoms with Crippen LogP contribution in [0.4, 0.5) is 24.5 Å². The van der Waals surface area contributed by atoms with E-state index in [1.807, 2.05) is 5.32 Å². The van der Waals surface area contributed by atoms with Crippen molar-refractivity contribution >= 4 is 34.8 Å². The number of amides is 2. The second-order valence-corrected chi connectivity index (χ2v) is 5.35. The third kappa shape index (κ3) is 4.26. The first-order chi connectivity index (χ1) is 11.2. The van der Waals surface area contributed by atoms with E-state index in [9.17, 15) is 22.8 Å². The van der Waals surface area contributed by atoms with Crippen LogP contribution < -0.4 is 10.6 Å². The molecule has 0 unspecified atom stereocenters. The zero-order valence-electron chi connectivity index (χ0n) is 12.4. The lowest BCUT2D eigenvalue weighted by atomic mass is 10.1. The van der Waals surface area contributed by atoms with E-state index in [1.54, 1.807) is 31.2 Å². The Bertz CT molecular complexity index is 791. The van der Waals surface area contributed by atoms with Crippen molar-refractivity contribution in [1.29, 1.82) is 0 Å². The van der Waals surface area contributed by atoms with Gasteiger partial charge in [-0.25, -0.2) is 0 Å². The summed E-state index contributed by atoms with van der Waals surface area (Å²) in [5, 5.41) is 4.16. The SMILES string of the molecule is Cc1ccccc1NC(=O)C(=O)Nc1ccc(Cl)cc1C(F)(F)F. The highest BCUT2D eigenvalue weighted by Crippen LogP contribution is 2.36. The van der Waals surface area contributed by atoms with Gasteiger partial charge in [0.2, 0.25) is 0 Å². The Labute approximate surface area is 140 Å². The van der Waals surface area contributed by atoms with E-state index in [0.29, 0.717) is 17.3 Å². The highest BCUT2D eigenvalue weighted by molar-refractivity contribution is 6.43. The second kappa shape index (κ2) is 6.92. The maximum absolute atomic E-state index is 13.0. The topological polar surface area (TPSA) is 58.2 Å². The number of para-hydroxylation sites is 1. The molecule has 0 aromatic heterocycles. The van der Waals surface area contributed by atoms with Crippen molar-refractivity contribution in [3.8, 4) is 0 Å². The molecule has 0 aliphatic heterocycles. The first kappa shape index (κ1) is 17.8. The van der Waals surface area contributed by atoms with Crippen molar-refractivity contribution in [3.63, 3.8) is 0 Å². The lowest BCUT2D eigenvalue weighted by Crippen LogP contribution is -2.30. The molecule has 0 spiro atoms. The van der Waals surface area contributed by atoms with Gasteiger partial charge in [0.05, 0.1) is 11.3 Å². The van der Waals surface area contributed by atoms with Crippen molar-refractivity contribution in [1.82, 2.24) is 0 Å². The lowest BCUT2D eigenvalue weighted by molar-refractivity contribution is -0.137. The van der Waals surface area contributed by atoms with E-state index in [1.165, 1.54) is 6.07 Å². The average Bonchev–Trinajstić information content (AvgIpc) is 2.50. The minimum absolute atomic E-state index is 0.135. The predicted molar refractivity (Wildman–Crippen MR) is 84.9 cm³/mol. The zero-order valence-corrected chi connectivity index (χ0v) is 13.1. The van der Waals surface area contributed by atoms with Gasteiger partial charge in [-0.05, 0) is 36.8 Å². The molecule has 2 N–H and O–H groups in total. The molecule has 2 aromatic carbocycles. The molecule has 0 saturated carbocycles. The van der Waals surface area contributed by atoms with Gasteiger partial charge >= 0.3 is 18.0 Å². The van der Waals surface area contributed by atoms with Crippen molar-refractivity contribution in [2.24, 2.45) is 0 Å². The minimum atomic E-state index is -4.72. The summed E-state index contributed by atoms with van der Waals surface area (Å²) in [6.45, 7) is 1.72. The number of halogens is 4. The minimum Gasteiger partial charge on any atom is -0.318 e. The van der Waals surface area contributed by atoms with Crippen LogP contribution in [0.2, 0.25) is 5.02 Å². The predicted octanol–water partition coefficient (Wildman–Crippen LogP) is 4.24. The second-order valence-electron chi connectivity index (χ2n) is 4.91. The van der Waals surface area contributed by atoms with Gasteiger partial charge in [-0.15, -0.1) is 0 Å². The standard InChI is InChI=1S/C16H12ClF3N2O2/c1-9-4-2-3-5-12(9)21-14(23)15(24)22-13-7-6-10(17)8-11(13)16(18,19)20/h2-8H,1H3,(H,21,23)(H,22,24). The van der Waals surface area contributed by atoms with Crippen molar-refractivity contribution in [3.05, 3.63) is 58.6 Å². The van der Waals surface area contributed by atoms with Gasteiger partial charge in [-0.2, -0.15) is 13.2 Å². The Morgan fingerprint density at radius 1 is 0.958 bits per heavy atom. The van der Waals surface area contributed by atoms with Crippen LogP contribution in [0.15, 0.2) is 42.5 Å². The summed E-state index contributed by atoms with van der Waals surface area (Å²) in [5.41, 5.74) is -0.574. The Kier molecular flexibility index (Phi) is 5.14. The third-order valence-electron chi connectivity index (χ3n) is 3.13. The fourth-order valence-electron chi connectivity index (χ4n) is 1.93. The average molecular weight is 357 g/mol. The maximum Gasteiger partial charge on any atom is 0.418 e. The fraction of sp³-hybridized carbons (Fsp3) is 0.125. The zero-order chi connectivity index (χ0) is 17.9. The van der Waals surface area contributed by atoms with Crippen molar-refractivity contribution < 1.29 is 22.8 Å². The molecule has 0 radical (unpaired) electrons. The number of carbonyl (C=O) groups excluding carboxylic acids is 2. The van der Waals surface area contributed by atoms with E-state index in [4.69, 9.17) is 11.6 Å². The van der Waals surface area contributed by atoms with Crippen molar-refractivity contribution in [2.45, 2.75) is 13.1 Å². The normalized spacial score (nSPS) is 11.0. The van der Waals surface area contributed by atoms with Crippen molar-refractivity contribution in [2.75, 3.05) is 10.6 Å². The summed E-state index contributed by atoms with van der Waals surface area (Å²) in [4.78, 5) is 23.7. The van der Waals surface area contributed by atoms with Crippen LogP contribution >= 0.6 is 11.6 Å². The largest absolute Gasteiger partial charge is 0.418 e. The quantitative estimate of drug-likeness (QED) is 0.790. The molecule has 0 heterocycles. The smallest absolute Gasteiger partial charge is 0.318 e. The molecule has 4 nitrogen and oxygen atoms in total. The van der Waals surface area contributed by atoms with Crippen LogP contribution in [-0.4, -0.2) is 11.8 Å². The number of hydrogen-bond acceptors (Lipinski definition) is 2. The molecule has 0 fully saturated rings. The Morgan fingerprint density at radius 2 is 1.54 bits per heavy atom. The molecule has 24 heavy (non-hydrogen) atoms. The number of nitrogens with one attached hydrogen (secondary N) is 2. The molecule has 2 amide bonds. The summed E-state index contributed by atoms with van der Waals surface area (Å²) in [6, 6.07) is 9.54. The number of hydrogen-bond donors (Lipinski definition) is 2. The molecule has 0 saturated heterocycles. The highest BCUT2D eigenvalue weighted by Gasteiger charge is 2.34. The molecule has 2 rings (SSSR count). The number of alkyl halides is 3. The van der Waals surface area contributed by atoms with Crippen LogP contribution in [0.5, 0.6) is 0 Å². The molecule has 0 bridgehead atoms. The summed E-state index contributed by atoms with van der Waals surface area (Å²) in [6.07, 6.45) is -4.72. The van der Waals surface area contributed by atoms with Gasteiger partial charge in [-0.1, -0.05) is 29.8 Å². The van der Waals surface area contributed by atoms with Crippen LogP contribution in [0.1, 0.15) is 11.1 Å². The first-order valence-electron chi connectivity index (χ1n) is 6.73. The molecule has 8 heteroatoms. The number of anilines is 2. The number of benzene rings is 2. The molecule has 0 aliphatic carbocycles. The summed E-state index contributed by atoms with van der Waals surface area (Å²) < 4.78 is 38.9. The van der Waals surface area contributed by atoms with E-state index in [0.717, 1.165) is 6.07 Å². The molecular formula is C16H12ClF3N2O2. The maximum atomic E-state index is 13.0. The van der Waals surface area contributed by atoms with Gasteiger partial charge in [0, 0.05) is 10.7 Å². The number of carbonyl (C=O) groups is 2. The Morgan fingerprint density at radius 3 is 2.12 bits per heavy atom. The molecule has 2 aromatic rings. The Hall–Kier alpha value is -2.54. The van der Waals surface area contributed by atoms with Crippen LogP contribution in [-0.2, 0) is 15.8 Å². The van der Waals surface area contributed by atoms with E-state index < -0.39 is 29.2 Å². The molecule has 0 aliphatic rings. The van der Waals surface area contributed by atoms with Crippen LogP contribution in [0, 0.1) is 6.92 Å². The van der Waals surface area contributed by atoms with Gasteiger partial charge in [0.25, 0.3) is 0 Å². The van der Waals surface area contributed by atoms with Gasteiger partial charge in [0.1, 0.15) is 0 Å². The van der Waals surface area contributed by atoms with E-state index in [2.05, 4.69) is 5.32 Å². The summed E-state index contributed by atoms with van der Waals surface area (Å²) in [7, 11) is 0. The lowest BCUT2D eigenvalue weighted by Gasteiger charge is -2.14. The monoisotopic (exact) mass is 356 g/mol. The molecule has 126 valence electrons. The number of rotatable bonds is 2. The summed E-state index contributed by atoms with van der Waals surface area (Å²) >= 11 is 5.55. The van der Waals surface area contributed by atoms with Gasteiger partial charge in [0.15, 0.2) is 0 Å². The first-order valence-corrected chi connectivity index (χ1v) is 7.11. The van der Waals surface area contributed by atoms with Crippen LogP contribution in [0.25, 0.3) is 0 Å². The molecular weight excluding hydrogens is 345 g/mol.